The van der Waals surface area contributed by atoms with E-state index < -0.39 is 0 Å². The summed E-state index contributed by atoms with van der Waals surface area (Å²) in [7, 11) is 0. The van der Waals surface area contributed by atoms with E-state index in [1.54, 1.807) is 0 Å². The van der Waals surface area contributed by atoms with E-state index in [1.165, 1.54) is 64.7 Å². The van der Waals surface area contributed by atoms with Gasteiger partial charge >= 0.3 is 5.97 Å². The molecular weight excluding hydrogens is 272 g/mol. The van der Waals surface area contributed by atoms with Crippen LogP contribution in [0.3, 0.4) is 0 Å². The Hall–Kier alpha value is -1.05. The molecule has 1 atom stereocenters. The number of hydrogen-bond donors (Lipinski definition) is 0. The second kappa shape index (κ2) is 16.3. The van der Waals surface area contributed by atoms with Gasteiger partial charge < -0.3 is 4.74 Å². The Labute approximate surface area is 138 Å². The summed E-state index contributed by atoms with van der Waals surface area (Å²) in [6.45, 7) is 7.39. The normalized spacial score (nSPS) is 12.5. The Morgan fingerprint density at radius 3 is 2.18 bits per heavy atom. The van der Waals surface area contributed by atoms with E-state index in [4.69, 9.17) is 4.74 Å². The lowest BCUT2D eigenvalue weighted by molar-refractivity contribution is -0.147. The quantitative estimate of drug-likeness (QED) is 0.200. The van der Waals surface area contributed by atoms with E-state index in [0.717, 1.165) is 19.3 Å². The number of esters is 1. The highest BCUT2D eigenvalue weighted by Crippen LogP contribution is 2.16. The Morgan fingerprint density at radius 1 is 1.00 bits per heavy atom. The highest BCUT2D eigenvalue weighted by atomic mass is 16.5. The molecule has 0 saturated heterocycles. The number of carbonyl (C=O) groups excluding carboxylic acids is 1. The largest absolute Gasteiger partial charge is 0.463 e. The van der Waals surface area contributed by atoms with E-state index in [2.05, 4.69) is 19.6 Å². The fourth-order valence-electron chi connectivity index (χ4n) is 2.65. The van der Waals surface area contributed by atoms with Gasteiger partial charge in [0.1, 0.15) is 6.10 Å². The van der Waals surface area contributed by atoms with Crippen LogP contribution in [0.4, 0.5) is 0 Å². The van der Waals surface area contributed by atoms with E-state index >= 15 is 0 Å². The molecule has 0 heterocycles. The summed E-state index contributed by atoms with van der Waals surface area (Å²) >= 11 is 0. The first kappa shape index (κ1) is 20.9. The third-order valence-electron chi connectivity index (χ3n) is 3.88. The Morgan fingerprint density at radius 2 is 1.59 bits per heavy atom. The van der Waals surface area contributed by atoms with Crippen molar-refractivity contribution < 1.29 is 9.53 Å². The summed E-state index contributed by atoms with van der Waals surface area (Å²) in [5.74, 6) is -0.130. The summed E-state index contributed by atoms with van der Waals surface area (Å²) < 4.78 is 5.42. The SMILES string of the molecule is C=CC=CCCCCCCCCC(CCCCC)OC(C)=O. The van der Waals surface area contributed by atoms with Crippen molar-refractivity contribution in [2.24, 2.45) is 0 Å². The van der Waals surface area contributed by atoms with Crippen LogP contribution in [-0.4, -0.2) is 12.1 Å². The minimum absolute atomic E-state index is 0.130. The van der Waals surface area contributed by atoms with Crippen molar-refractivity contribution in [3.63, 3.8) is 0 Å². The van der Waals surface area contributed by atoms with Crippen LogP contribution in [0.25, 0.3) is 0 Å². The van der Waals surface area contributed by atoms with Gasteiger partial charge in [-0.2, -0.15) is 0 Å². The van der Waals surface area contributed by atoms with Crippen molar-refractivity contribution in [2.75, 3.05) is 0 Å². The molecule has 0 fully saturated rings. The van der Waals surface area contributed by atoms with Crippen LogP contribution in [0.1, 0.15) is 90.9 Å². The fourth-order valence-corrected chi connectivity index (χ4v) is 2.65. The zero-order chi connectivity index (χ0) is 16.5. The summed E-state index contributed by atoms with van der Waals surface area (Å²) in [5.41, 5.74) is 0. The van der Waals surface area contributed by atoms with Crippen LogP contribution in [0.15, 0.2) is 24.8 Å². The standard InChI is InChI=1S/C20H36O2/c1-4-6-8-9-10-11-12-13-14-16-18-20(22-19(3)21)17-15-7-5-2/h4,6,8,20H,1,5,7,9-18H2,2-3H3. The van der Waals surface area contributed by atoms with Crippen molar-refractivity contribution in [2.45, 2.75) is 97.0 Å². The van der Waals surface area contributed by atoms with Gasteiger partial charge in [0, 0.05) is 6.92 Å². The van der Waals surface area contributed by atoms with Crippen molar-refractivity contribution >= 4 is 5.97 Å². The summed E-state index contributed by atoms with van der Waals surface area (Å²) in [5, 5.41) is 0. The summed E-state index contributed by atoms with van der Waals surface area (Å²) in [6, 6.07) is 0. The van der Waals surface area contributed by atoms with Gasteiger partial charge in [-0.25, -0.2) is 0 Å². The van der Waals surface area contributed by atoms with Crippen LogP contribution in [-0.2, 0) is 9.53 Å². The molecule has 2 nitrogen and oxygen atoms in total. The Kier molecular flexibility index (Phi) is 15.5. The minimum Gasteiger partial charge on any atom is -0.463 e. The first-order chi connectivity index (χ1) is 10.7. The van der Waals surface area contributed by atoms with Crippen LogP contribution < -0.4 is 0 Å². The van der Waals surface area contributed by atoms with Gasteiger partial charge in [-0.15, -0.1) is 0 Å². The molecule has 128 valence electrons. The molecule has 0 aliphatic carbocycles. The van der Waals surface area contributed by atoms with Crippen molar-refractivity contribution in [3.8, 4) is 0 Å². The Balaban J connectivity index is 3.55. The summed E-state index contributed by atoms with van der Waals surface area (Å²) in [6.07, 6.45) is 20.7. The maximum absolute atomic E-state index is 11.1. The van der Waals surface area contributed by atoms with E-state index in [1.807, 2.05) is 12.2 Å². The average Bonchev–Trinajstić information content (AvgIpc) is 2.48. The number of ether oxygens (including phenoxy) is 1. The van der Waals surface area contributed by atoms with Crippen molar-refractivity contribution in [3.05, 3.63) is 24.8 Å². The van der Waals surface area contributed by atoms with E-state index in [9.17, 15) is 4.79 Å². The lowest BCUT2D eigenvalue weighted by atomic mass is 10.0. The third-order valence-corrected chi connectivity index (χ3v) is 3.88. The monoisotopic (exact) mass is 308 g/mol. The molecule has 22 heavy (non-hydrogen) atoms. The van der Waals surface area contributed by atoms with Crippen molar-refractivity contribution in [1.29, 1.82) is 0 Å². The summed E-state index contributed by atoms with van der Waals surface area (Å²) in [4.78, 5) is 11.1. The molecule has 0 bridgehead atoms. The topological polar surface area (TPSA) is 26.3 Å². The van der Waals surface area contributed by atoms with Crippen LogP contribution in [0.2, 0.25) is 0 Å². The molecule has 0 amide bonds. The number of hydrogen-bond acceptors (Lipinski definition) is 2. The molecule has 0 aliphatic heterocycles. The van der Waals surface area contributed by atoms with E-state index in [-0.39, 0.29) is 12.1 Å². The molecule has 0 aromatic carbocycles. The van der Waals surface area contributed by atoms with Gasteiger partial charge in [-0.3, -0.25) is 4.79 Å². The zero-order valence-electron chi connectivity index (χ0n) is 14.8. The van der Waals surface area contributed by atoms with Gasteiger partial charge in [0.15, 0.2) is 0 Å². The predicted molar refractivity (Wildman–Crippen MR) is 96.0 cm³/mol. The minimum atomic E-state index is -0.130. The smallest absolute Gasteiger partial charge is 0.302 e. The van der Waals surface area contributed by atoms with Gasteiger partial charge in [-0.1, -0.05) is 70.3 Å². The van der Waals surface area contributed by atoms with Crippen LogP contribution in [0.5, 0.6) is 0 Å². The Bertz CT molecular complexity index is 294. The second-order valence-electron chi connectivity index (χ2n) is 6.09. The number of rotatable bonds is 15. The first-order valence-corrected chi connectivity index (χ1v) is 9.15. The maximum Gasteiger partial charge on any atom is 0.302 e. The van der Waals surface area contributed by atoms with Crippen LogP contribution in [0, 0.1) is 0 Å². The molecule has 0 N–H and O–H groups in total. The van der Waals surface area contributed by atoms with Gasteiger partial charge in [0.05, 0.1) is 0 Å². The van der Waals surface area contributed by atoms with Gasteiger partial charge in [0.25, 0.3) is 0 Å². The molecule has 0 rings (SSSR count). The lowest BCUT2D eigenvalue weighted by Crippen LogP contribution is -2.16. The maximum atomic E-state index is 11.1. The molecule has 0 aromatic rings. The number of unbranched alkanes of at least 4 members (excludes halogenated alkanes) is 8. The predicted octanol–water partition coefficient (Wildman–Crippen LogP) is 6.36. The average molecular weight is 309 g/mol. The number of carbonyl (C=O) groups is 1. The molecular formula is C20H36O2. The fraction of sp³-hybridized carbons (Fsp3) is 0.750. The molecule has 2 heteroatoms. The molecule has 0 aliphatic rings. The zero-order valence-corrected chi connectivity index (χ0v) is 14.8. The van der Waals surface area contributed by atoms with E-state index in [0.29, 0.717) is 0 Å². The molecule has 0 saturated carbocycles. The number of allylic oxidation sites excluding steroid dienone is 3. The van der Waals surface area contributed by atoms with Crippen molar-refractivity contribution in [1.82, 2.24) is 0 Å². The molecule has 0 radical (unpaired) electrons. The molecule has 0 aromatic heterocycles. The van der Waals surface area contributed by atoms with Crippen LogP contribution >= 0.6 is 0 Å². The third kappa shape index (κ3) is 15.3. The highest BCUT2D eigenvalue weighted by molar-refractivity contribution is 5.66. The second-order valence-corrected chi connectivity index (χ2v) is 6.09. The van der Waals surface area contributed by atoms with Gasteiger partial charge in [0.2, 0.25) is 0 Å². The van der Waals surface area contributed by atoms with Gasteiger partial charge in [-0.05, 0) is 38.5 Å². The first-order valence-electron chi connectivity index (χ1n) is 9.15. The molecule has 0 spiro atoms. The highest BCUT2D eigenvalue weighted by Gasteiger charge is 2.11. The molecule has 1 unspecified atom stereocenters. The lowest BCUT2D eigenvalue weighted by Gasteiger charge is -2.16.